The van der Waals surface area contributed by atoms with Gasteiger partial charge in [-0.25, -0.2) is 13.2 Å². The lowest BCUT2D eigenvalue weighted by Crippen LogP contribution is -2.20. The molecule has 7 nitrogen and oxygen atoms in total. The average molecular weight is 501 g/mol. The molecular weight excluding hydrogens is 481 g/mol. The molecule has 0 radical (unpaired) electrons. The highest BCUT2D eigenvalue weighted by atomic mass is 32.2. The number of hydrogen-bond acceptors (Lipinski definition) is 4. The van der Waals surface area contributed by atoms with Gasteiger partial charge < -0.3 is 10.6 Å². The van der Waals surface area contributed by atoms with Gasteiger partial charge in [-0.05, 0) is 67.1 Å². The highest BCUT2D eigenvalue weighted by Crippen LogP contribution is 2.31. The number of halogens is 3. The quantitative estimate of drug-likeness (QED) is 0.313. The molecule has 0 saturated heterocycles. The van der Waals surface area contributed by atoms with Crippen molar-refractivity contribution >= 4 is 44.0 Å². The third kappa shape index (κ3) is 5.52. The average Bonchev–Trinajstić information content (AvgIpc) is 2.80. The molecule has 0 bridgehead atoms. The van der Waals surface area contributed by atoms with Gasteiger partial charge in [-0.1, -0.05) is 18.2 Å². The number of aromatic nitrogens is 1. The Labute approximate surface area is 199 Å². The van der Waals surface area contributed by atoms with Gasteiger partial charge in [-0.3, -0.25) is 9.71 Å². The number of rotatable bonds is 5. The number of fused-ring (bicyclic) bond motifs is 1. The van der Waals surface area contributed by atoms with Crippen LogP contribution >= 0.6 is 0 Å². The van der Waals surface area contributed by atoms with Crippen molar-refractivity contribution in [3.05, 3.63) is 90.1 Å². The van der Waals surface area contributed by atoms with Crippen LogP contribution in [0, 0.1) is 6.92 Å². The van der Waals surface area contributed by atoms with Crippen molar-refractivity contribution in [1.82, 2.24) is 4.98 Å². The number of amides is 2. The van der Waals surface area contributed by atoms with E-state index >= 15 is 0 Å². The molecule has 4 aromatic rings. The van der Waals surface area contributed by atoms with E-state index in [-0.39, 0.29) is 16.3 Å². The normalized spacial score (nSPS) is 11.8. The number of benzene rings is 3. The molecule has 0 unspecified atom stereocenters. The SMILES string of the molecule is Cc1ccc(NC(=O)Nc2cccc(C(F)(F)F)c2)cc1S(=O)(=O)Nc1cccc2ncccc12. The standard InChI is InChI=1S/C24H19F3N4O3S/c1-15-10-11-18(30-23(32)29-17-6-2-5-16(13-17)24(25,26)27)14-22(15)35(33,34)31-21-9-3-8-20-19(21)7-4-12-28-20/h2-14,31H,1H3,(H2,29,30,32). The van der Waals surface area contributed by atoms with Crippen molar-refractivity contribution in [2.75, 3.05) is 15.4 Å². The van der Waals surface area contributed by atoms with Crippen LogP contribution < -0.4 is 15.4 Å². The Balaban J connectivity index is 1.55. The number of anilines is 3. The second kappa shape index (κ2) is 9.26. The molecule has 1 aromatic heterocycles. The molecule has 0 fully saturated rings. The summed E-state index contributed by atoms with van der Waals surface area (Å²) in [6, 6.07) is 16.1. The Morgan fingerprint density at radius 1 is 0.886 bits per heavy atom. The summed E-state index contributed by atoms with van der Waals surface area (Å²) in [4.78, 5) is 16.5. The molecule has 0 aliphatic rings. The van der Waals surface area contributed by atoms with Crippen molar-refractivity contribution in [2.24, 2.45) is 0 Å². The molecule has 3 N–H and O–H groups in total. The third-order valence-electron chi connectivity index (χ3n) is 5.07. The fraction of sp³-hybridized carbons (Fsp3) is 0.0833. The molecular formula is C24H19F3N4O3S. The summed E-state index contributed by atoms with van der Waals surface area (Å²) in [6.07, 6.45) is -2.95. The number of hydrogen-bond donors (Lipinski definition) is 3. The van der Waals surface area contributed by atoms with E-state index in [2.05, 4.69) is 20.3 Å². The molecule has 0 atom stereocenters. The number of nitrogens with one attached hydrogen (secondary N) is 3. The Hall–Kier alpha value is -4.12. The first-order valence-electron chi connectivity index (χ1n) is 10.3. The van der Waals surface area contributed by atoms with Crippen LogP contribution in [0.2, 0.25) is 0 Å². The number of urea groups is 1. The predicted molar refractivity (Wildman–Crippen MR) is 128 cm³/mol. The molecule has 180 valence electrons. The zero-order valence-electron chi connectivity index (χ0n) is 18.2. The molecule has 35 heavy (non-hydrogen) atoms. The summed E-state index contributed by atoms with van der Waals surface area (Å²) in [6.45, 7) is 1.60. The van der Waals surface area contributed by atoms with Crippen LogP contribution in [0.1, 0.15) is 11.1 Å². The maximum absolute atomic E-state index is 13.2. The van der Waals surface area contributed by atoms with Crippen LogP contribution in [0.5, 0.6) is 0 Å². The molecule has 1 heterocycles. The first kappa shape index (κ1) is 24.0. The zero-order valence-corrected chi connectivity index (χ0v) is 19.0. The van der Waals surface area contributed by atoms with E-state index in [0.717, 1.165) is 12.1 Å². The van der Waals surface area contributed by atoms with Gasteiger partial charge in [0.1, 0.15) is 0 Å². The highest BCUT2D eigenvalue weighted by Gasteiger charge is 2.30. The monoisotopic (exact) mass is 500 g/mol. The van der Waals surface area contributed by atoms with Crippen molar-refractivity contribution in [2.45, 2.75) is 18.0 Å². The van der Waals surface area contributed by atoms with E-state index in [1.165, 1.54) is 30.3 Å². The van der Waals surface area contributed by atoms with Gasteiger partial charge in [0.15, 0.2) is 0 Å². The van der Waals surface area contributed by atoms with Gasteiger partial charge in [0, 0.05) is 23.0 Å². The number of sulfonamides is 1. The molecule has 0 aliphatic heterocycles. The van der Waals surface area contributed by atoms with Gasteiger partial charge in [0.25, 0.3) is 10.0 Å². The summed E-state index contributed by atoms with van der Waals surface area (Å²) in [5.41, 5.74) is 0.554. The first-order valence-corrected chi connectivity index (χ1v) is 11.7. The van der Waals surface area contributed by atoms with Gasteiger partial charge in [0.05, 0.1) is 21.7 Å². The van der Waals surface area contributed by atoms with Gasteiger partial charge in [0.2, 0.25) is 0 Å². The summed E-state index contributed by atoms with van der Waals surface area (Å²) < 4.78 is 67.6. The van der Waals surface area contributed by atoms with Crippen LogP contribution in [0.3, 0.4) is 0 Å². The fourth-order valence-corrected chi connectivity index (χ4v) is 4.78. The second-order valence-corrected chi connectivity index (χ2v) is 9.27. The van der Waals surface area contributed by atoms with Crippen LogP contribution in [0.4, 0.5) is 35.0 Å². The van der Waals surface area contributed by atoms with E-state index in [1.807, 2.05) is 0 Å². The third-order valence-corrected chi connectivity index (χ3v) is 6.58. The largest absolute Gasteiger partial charge is 0.416 e. The van der Waals surface area contributed by atoms with Crippen molar-refractivity contribution in [1.29, 1.82) is 0 Å². The van der Waals surface area contributed by atoms with Crippen molar-refractivity contribution in [3.63, 3.8) is 0 Å². The molecule has 0 aliphatic carbocycles. The Morgan fingerprint density at radius 2 is 1.60 bits per heavy atom. The lowest BCUT2D eigenvalue weighted by Gasteiger charge is -2.14. The first-order chi connectivity index (χ1) is 16.5. The van der Waals surface area contributed by atoms with Crippen LogP contribution in [-0.2, 0) is 16.2 Å². The minimum Gasteiger partial charge on any atom is -0.308 e. The Bertz CT molecular complexity index is 1520. The number of nitrogens with zero attached hydrogens (tertiary/aromatic N) is 1. The van der Waals surface area contributed by atoms with Gasteiger partial charge in [-0.15, -0.1) is 0 Å². The number of aryl methyl sites for hydroxylation is 1. The minimum atomic E-state index is -4.55. The number of alkyl halides is 3. The fourth-order valence-electron chi connectivity index (χ4n) is 3.43. The molecule has 4 rings (SSSR count). The molecule has 0 spiro atoms. The zero-order chi connectivity index (χ0) is 25.2. The number of carbonyl (C=O) groups excluding carboxylic acids is 1. The Morgan fingerprint density at radius 3 is 2.34 bits per heavy atom. The maximum Gasteiger partial charge on any atom is 0.416 e. The lowest BCUT2D eigenvalue weighted by atomic mass is 10.2. The predicted octanol–water partition coefficient (Wildman–Crippen LogP) is 6.01. The van der Waals surface area contributed by atoms with E-state index in [1.54, 1.807) is 43.5 Å². The minimum absolute atomic E-state index is 0.0662. The van der Waals surface area contributed by atoms with Crippen LogP contribution in [0.15, 0.2) is 83.9 Å². The number of pyridine rings is 1. The van der Waals surface area contributed by atoms with E-state index in [9.17, 15) is 26.4 Å². The summed E-state index contributed by atoms with van der Waals surface area (Å²) in [7, 11) is -4.05. The van der Waals surface area contributed by atoms with E-state index in [4.69, 9.17) is 0 Å². The smallest absolute Gasteiger partial charge is 0.308 e. The van der Waals surface area contributed by atoms with Crippen molar-refractivity contribution < 1.29 is 26.4 Å². The molecule has 3 aromatic carbocycles. The topological polar surface area (TPSA) is 100 Å². The van der Waals surface area contributed by atoms with Gasteiger partial charge >= 0.3 is 12.2 Å². The summed E-state index contributed by atoms with van der Waals surface area (Å²) in [5.74, 6) is 0. The van der Waals surface area contributed by atoms with Gasteiger partial charge in [-0.2, -0.15) is 13.2 Å². The molecule has 0 saturated carbocycles. The second-order valence-electron chi connectivity index (χ2n) is 7.62. The molecule has 2 amide bonds. The summed E-state index contributed by atoms with van der Waals surface area (Å²) in [5, 5.41) is 5.38. The van der Waals surface area contributed by atoms with E-state index < -0.39 is 27.8 Å². The van der Waals surface area contributed by atoms with Crippen molar-refractivity contribution in [3.8, 4) is 0 Å². The van der Waals surface area contributed by atoms with Crippen LogP contribution in [0.25, 0.3) is 10.9 Å². The van der Waals surface area contributed by atoms with E-state index in [0.29, 0.717) is 22.2 Å². The highest BCUT2D eigenvalue weighted by molar-refractivity contribution is 7.92. The lowest BCUT2D eigenvalue weighted by molar-refractivity contribution is -0.137. The number of carbonyl (C=O) groups is 1. The molecule has 11 heteroatoms. The summed E-state index contributed by atoms with van der Waals surface area (Å²) >= 11 is 0. The Kier molecular flexibility index (Phi) is 6.35. The van der Waals surface area contributed by atoms with Crippen LogP contribution in [-0.4, -0.2) is 19.4 Å². The maximum atomic E-state index is 13.2.